The van der Waals surface area contributed by atoms with E-state index in [0.717, 1.165) is 18.4 Å². The first kappa shape index (κ1) is 14.5. The molecule has 0 saturated heterocycles. The number of pyridine rings is 1. The Morgan fingerprint density at radius 3 is 2.59 bits per heavy atom. The van der Waals surface area contributed by atoms with Gasteiger partial charge in [0.25, 0.3) is 5.56 Å². The van der Waals surface area contributed by atoms with Crippen molar-refractivity contribution in [3.05, 3.63) is 70.1 Å². The molecule has 1 unspecified atom stereocenters. The molecule has 1 heterocycles. The molecule has 1 saturated carbocycles. The summed E-state index contributed by atoms with van der Waals surface area (Å²) in [5, 5.41) is 9.04. The third-order valence-corrected chi connectivity index (χ3v) is 4.05. The highest BCUT2D eigenvalue weighted by Gasteiger charge is 2.34. The van der Waals surface area contributed by atoms with E-state index in [2.05, 4.69) is 0 Å². The van der Waals surface area contributed by atoms with Crippen molar-refractivity contribution in [1.29, 1.82) is 0 Å². The topological polar surface area (TPSA) is 68.5 Å². The fraction of sp³-hybridized carbons (Fsp3) is 0.294. The molecule has 1 N–H and O–H groups in total. The Bertz CT molecular complexity index is 723. The lowest BCUT2D eigenvalue weighted by Gasteiger charge is -2.37. The lowest BCUT2D eigenvalue weighted by Crippen LogP contribution is -2.42. The van der Waals surface area contributed by atoms with Gasteiger partial charge in [0.15, 0.2) is 0 Å². The van der Waals surface area contributed by atoms with Crippen LogP contribution in [0, 0.1) is 0 Å². The smallest absolute Gasteiger partial charge is 0.341 e. The molecule has 1 fully saturated rings. The maximum atomic E-state index is 12.2. The minimum Gasteiger partial charge on any atom is -0.477 e. The summed E-state index contributed by atoms with van der Waals surface area (Å²) in [7, 11) is 0. The molecule has 0 bridgehead atoms. The molecule has 0 radical (unpaired) electrons. The summed E-state index contributed by atoms with van der Waals surface area (Å²) in [6.07, 6.45) is 3.28. The number of nitrogens with zero attached hydrogens (tertiary/aromatic N) is 1. The molecule has 1 aliphatic carbocycles. The molecule has 1 aliphatic rings. The number of hydrogen-bond acceptors (Lipinski definition) is 3. The van der Waals surface area contributed by atoms with Gasteiger partial charge in [0.2, 0.25) is 0 Å². The van der Waals surface area contributed by atoms with Crippen LogP contribution in [-0.2, 0) is 11.3 Å². The molecule has 5 nitrogen and oxygen atoms in total. The van der Waals surface area contributed by atoms with E-state index in [-0.39, 0.29) is 17.7 Å². The van der Waals surface area contributed by atoms with E-state index in [4.69, 9.17) is 9.84 Å². The quantitative estimate of drug-likeness (QED) is 0.921. The maximum absolute atomic E-state index is 12.2. The zero-order valence-corrected chi connectivity index (χ0v) is 12.0. The molecule has 1 aromatic carbocycles. The van der Waals surface area contributed by atoms with Crippen LogP contribution < -0.4 is 5.56 Å². The Labute approximate surface area is 127 Å². The molecule has 1 aromatic heterocycles. The van der Waals surface area contributed by atoms with E-state index in [0.29, 0.717) is 6.61 Å². The van der Waals surface area contributed by atoms with Crippen molar-refractivity contribution < 1.29 is 14.6 Å². The third kappa shape index (κ3) is 2.80. The predicted molar refractivity (Wildman–Crippen MR) is 81.0 cm³/mol. The van der Waals surface area contributed by atoms with Gasteiger partial charge < -0.3 is 14.4 Å². The van der Waals surface area contributed by atoms with Crippen molar-refractivity contribution in [1.82, 2.24) is 4.57 Å². The molecule has 114 valence electrons. The van der Waals surface area contributed by atoms with E-state index >= 15 is 0 Å². The van der Waals surface area contributed by atoms with Gasteiger partial charge in [-0.25, -0.2) is 4.79 Å². The Morgan fingerprint density at radius 1 is 1.18 bits per heavy atom. The van der Waals surface area contributed by atoms with Crippen LogP contribution in [0.1, 0.15) is 34.8 Å². The minimum absolute atomic E-state index is 0.0537. The molecule has 0 spiro atoms. The summed E-state index contributed by atoms with van der Waals surface area (Å²) < 4.78 is 7.37. The Kier molecular flexibility index (Phi) is 4.06. The summed E-state index contributed by atoms with van der Waals surface area (Å²) in [5.41, 5.74) is 0.420. The van der Waals surface area contributed by atoms with Crippen LogP contribution in [0.4, 0.5) is 0 Å². The lowest BCUT2D eigenvalue weighted by atomic mass is 9.88. The first-order chi connectivity index (χ1) is 10.7. The first-order valence-electron chi connectivity index (χ1n) is 7.27. The van der Waals surface area contributed by atoms with Gasteiger partial charge in [-0.1, -0.05) is 30.3 Å². The average molecular weight is 299 g/mol. The van der Waals surface area contributed by atoms with Crippen LogP contribution >= 0.6 is 0 Å². The summed E-state index contributed by atoms with van der Waals surface area (Å²) >= 11 is 0. The first-order valence-corrected chi connectivity index (χ1v) is 7.27. The van der Waals surface area contributed by atoms with Crippen LogP contribution in [0.5, 0.6) is 0 Å². The van der Waals surface area contributed by atoms with Gasteiger partial charge in [0.1, 0.15) is 5.56 Å². The van der Waals surface area contributed by atoms with Gasteiger partial charge in [-0.15, -0.1) is 0 Å². The number of aromatic carboxylic acids is 1. The number of benzene rings is 1. The number of carboxylic acid groups (broad SMARTS) is 1. The van der Waals surface area contributed by atoms with Crippen LogP contribution in [0.2, 0.25) is 0 Å². The highest BCUT2D eigenvalue weighted by Crippen LogP contribution is 2.34. The SMILES string of the molecule is O=C(O)c1cccn(C2CC[C@H]2OCc2ccccc2)c1=O. The number of rotatable bonds is 5. The number of ether oxygens (including phenoxy) is 1. The largest absolute Gasteiger partial charge is 0.477 e. The fourth-order valence-electron chi connectivity index (χ4n) is 2.68. The second-order valence-corrected chi connectivity index (χ2v) is 5.42. The monoisotopic (exact) mass is 299 g/mol. The number of aromatic nitrogens is 1. The van der Waals surface area contributed by atoms with Crippen molar-refractivity contribution in [2.75, 3.05) is 0 Å². The fourth-order valence-corrected chi connectivity index (χ4v) is 2.68. The Hall–Kier alpha value is -2.40. The number of carboxylic acids is 1. The summed E-state index contributed by atoms with van der Waals surface area (Å²) in [6, 6.07) is 12.7. The zero-order valence-electron chi connectivity index (χ0n) is 12.0. The molecule has 3 rings (SSSR count). The molecule has 0 aliphatic heterocycles. The minimum atomic E-state index is -1.19. The predicted octanol–water partition coefficient (Wildman–Crippen LogP) is 2.47. The molecular formula is C17H17NO4. The van der Waals surface area contributed by atoms with E-state index in [1.54, 1.807) is 12.3 Å². The van der Waals surface area contributed by atoms with Gasteiger partial charge in [-0.3, -0.25) is 4.79 Å². The molecule has 5 heteroatoms. The van der Waals surface area contributed by atoms with E-state index in [1.165, 1.54) is 10.6 Å². The lowest BCUT2D eigenvalue weighted by molar-refractivity contribution is -0.0504. The van der Waals surface area contributed by atoms with Crippen molar-refractivity contribution >= 4 is 5.97 Å². The highest BCUT2D eigenvalue weighted by atomic mass is 16.5. The van der Waals surface area contributed by atoms with E-state index in [9.17, 15) is 9.59 Å². The summed E-state index contributed by atoms with van der Waals surface area (Å²) in [5.74, 6) is -1.19. The standard InChI is InChI=1S/C17H17NO4/c19-16-13(17(20)21)7-4-10-18(16)14-8-9-15(14)22-11-12-5-2-1-3-6-12/h1-7,10,14-15H,8-9,11H2,(H,20,21)/t14?,15-/m1/s1. The second kappa shape index (κ2) is 6.15. The average Bonchev–Trinajstić information content (AvgIpc) is 2.49. The van der Waals surface area contributed by atoms with Crippen LogP contribution in [0.25, 0.3) is 0 Å². The van der Waals surface area contributed by atoms with Crippen LogP contribution in [-0.4, -0.2) is 21.7 Å². The normalized spacial score (nSPS) is 20.4. The summed E-state index contributed by atoms with van der Waals surface area (Å²) in [4.78, 5) is 23.2. The zero-order chi connectivity index (χ0) is 15.5. The highest BCUT2D eigenvalue weighted by molar-refractivity contribution is 5.86. The van der Waals surface area contributed by atoms with Gasteiger partial charge in [-0.05, 0) is 30.5 Å². The molecule has 2 aromatic rings. The molecule has 0 amide bonds. The Balaban J connectivity index is 1.72. The summed E-state index contributed by atoms with van der Waals surface area (Å²) in [6.45, 7) is 0.495. The second-order valence-electron chi connectivity index (χ2n) is 5.42. The van der Waals surface area contributed by atoms with Gasteiger partial charge >= 0.3 is 5.97 Å². The van der Waals surface area contributed by atoms with Gasteiger partial charge in [0, 0.05) is 6.20 Å². The molecular weight excluding hydrogens is 282 g/mol. The van der Waals surface area contributed by atoms with Gasteiger partial charge in [0.05, 0.1) is 18.8 Å². The van der Waals surface area contributed by atoms with Crippen molar-refractivity contribution in [3.8, 4) is 0 Å². The number of carbonyl (C=O) groups is 1. The van der Waals surface area contributed by atoms with E-state index < -0.39 is 11.5 Å². The van der Waals surface area contributed by atoms with Crippen LogP contribution in [0.3, 0.4) is 0 Å². The maximum Gasteiger partial charge on any atom is 0.341 e. The third-order valence-electron chi connectivity index (χ3n) is 4.05. The Morgan fingerprint density at radius 2 is 1.95 bits per heavy atom. The van der Waals surface area contributed by atoms with Crippen molar-refractivity contribution in [3.63, 3.8) is 0 Å². The number of hydrogen-bond donors (Lipinski definition) is 1. The van der Waals surface area contributed by atoms with Gasteiger partial charge in [-0.2, -0.15) is 0 Å². The van der Waals surface area contributed by atoms with Crippen molar-refractivity contribution in [2.45, 2.75) is 31.6 Å². The molecule has 22 heavy (non-hydrogen) atoms. The van der Waals surface area contributed by atoms with Crippen molar-refractivity contribution in [2.24, 2.45) is 0 Å². The van der Waals surface area contributed by atoms with E-state index in [1.807, 2.05) is 30.3 Å². The molecule has 2 atom stereocenters. The van der Waals surface area contributed by atoms with Crippen LogP contribution in [0.15, 0.2) is 53.5 Å².